The van der Waals surface area contributed by atoms with E-state index in [4.69, 9.17) is 28.3 Å². The first-order valence-corrected chi connectivity index (χ1v) is 10.5. The molecule has 3 rings (SSSR count). The van der Waals surface area contributed by atoms with Gasteiger partial charge < -0.3 is 10.2 Å². The molecule has 0 aliphatic rings. The number of Topliss-reactive ketones (excluding diaryl/α,β-unsaturated/α-hetero) is 1. The number of aromatic amines is 1. The van der Waals surface area contributed by atoms with E-state index in [9.17, 15) is 19.5 Å². The van der Waals surface area contributed by atoms with Crippen molar-refractivity contribution in [3.8, 4) is 11.1 Å². The maximum atomic E-state index is 12.5. The minimum atomic E-state index is -1.73. The number of hydrogen-bond donors (Lipinski definition) is 4. The average molecular weight is 491 g/mol. The van der Waals surface area contributed by atoms with Crippen molar-refractivity contribution in [2.75, 3.05) is 6.54 Å². The first-order valence-electron chi connectivity index (χ1n) is 9.71. The SMILES string of the molecule is CC(=O)c1cc(C(=O)NN(Cc2ccc(-c3cc(Cl)ccc3Cl)cc2)C[C@H](O)C(=O)O)[nH]n1. The van der Waals surface area contributed by atoms with Gasteiger partial charge in [0.1, 0.15) is 11.4 Å². The van der Waals surface area contributed by atoms with E-state index in [0.29, 0.717) is 10.0 Å². The van der Waals surface area contributed by atoms with Crippen LogP contribution >= 0.6 is 23.2 Å². The van der Waals surface area contributed by atoms with Crippen molar-refractivity contribution in [3.05, 3.63) is 75.5 Å². The van der Waals surface area contributed by atoms with Gasteiger partial charge in [0, 0.05) is 29.1 Å². The van der Waals surface area contributed by atoms with Gasteiger partial charge in [-0.05, 0) is 35.4 Å². The van der Waals surface area contributed by atoms with E-state index in [1.807, 2.05) is 12.1 Å². The summed E-state index contributed by atoms with van der Waals surface area (Å²) >= 11 is 12.3. The molecular weight excluding hydrogens is 471 g/mol. The first-order chi connectivity index (χ1) is 15.6. The Labute approximate surface area is 198 Å². The summed E-state index contributed by atoms with van der Waals surface area (Å²) in [6.07, 6.45) is -1.73. The van der Waals surface area contributed by atoms with Crippen molar-refractivity contribution >= 4 is 40.9 Å². The van der Waals surface area contributed by atoms with Crippen LogP contribution in [0.25, 0.3) is 11.1 Å². The molecule has 11 heteroatoms. The number of carboxylic acid groups (broad SMARTS) is 1. The lowest BCUT2D eigenvalue weighted by Crippen LogP contribution is -2.47. The summed E-state index contributed by atoms with van der Waals surface area (Å²) < 4.78 is 0. The van der Waals surface area contributed by atoms with Crippen LogP contribution in [0.5, 0.6) is 0 Å². The Morgan fingerprint density at radius 3 is 2.42 bits per heavy atom. The van der Waals surface area contributed by atoms with E-state index in [1.165, 1.54) is 18.0 Å². The number of aliphatic carboxylic acids is 1. The van der Waals surface area contributed by atoms with E-state index in [0.717, 1.165) is 16.7 Å². The lowest BCUT2D eigenvalue weighted by Gasteiger charge is -2.24. The summed E-state index contributed by atoms with van der Waals surface area (Å²) in [6, 6.07) is 13.6. The van der Waals surface area contributed by atoms with Crippen LogP contribution in [0.1, 0.15) is 33.5 Å². The van der Waals surface area contributed by atoms with Gasteiger partial charge in [-0.3, -0.25) is 20.1 Å². The molecule has 0 spiro atoms. The number of rotatable bonds is 9. The second-order valence-electron chi connectivity index (χ2n) is 7.22. The molecule has 9 nitrogen and oxygen atoms in total. The average Bonchev–Trinajstić information content (AvgIpc) is 3.27. The smallest absolute Gasteiger partial charge is 0.333 e. The number of nitrogens with one attached hydrogen (secondary N) is 2. The van der Waals surface area contributed by atoms with E-state index in [1.54, 1.807) is 30.3 Å². The zero-order valence-electron chi connectivity index (χ0n) is 17.4. The van der Waals surface area contributed by atoms with Crippen molar-refractivity contribution in [3.63, 3.8) is 0 Å². The standard InChI is InChI=1S/C22H20Cl2N4O5/c1-12(29)18-9-19(26-25-18)21(31)27-28(11-20(30)22(32)33)10-13-2-4-14(5-3-13)16-8-15(23)6-7-17(16)24/h2-9,20,30H,10-11H2,1H3,(H,25,26)(H,27,31)(H,32,33)/t20-/m0/s1. The van der Waals surface area contributed by atoms with Gasteiger partial charge in [-0.1, -0.05) is 47.5 Å². The predicted molar refractivity (Wildman–Crippen MR) is 122 cm³/mol. The second-order valence-corrected chi connectivity index (χ2v) is 8.06. The van der Waals surface area contributed by atoms with Crippen LogP contribution in [-0.2, 0) is 11.3 Å². The fraction of sp³-hybridized carbons (Fsp3) is 0.182. The second kappa shape index (κ2) is 10.6. The number of nitrogens with zero attached hydrogens (tertiary/aromatic N) is 2. The summed E-state index contributed by atoms with van der Waals surface area (Å²) in [5, 5.41) is 27.4. The normalized spacial score (nSPS) is 11.9. The number of aliphatic hydroxyl groups excluding tert-OH is 1. The van der Waals surface area contributed by atoms with Crippen LogP contribution in [0.4, 0.5) is 0 Å². The number of H-pyrrole nitrogens is 1. The van der Waals surface area contributed by atoms with Gasteiger partial charge in [0.05, 0.1) is 6.54 Å². The molecule has 0 fully saturated rings. The molecule has 3 aromatic rings. The number of benzene rings is 2. The molecule has 2 aromatic carbocycles. The Hall–Kier alpha value is -3.24. The third kappa shape index (κ3) is 6.39. The number of hydrogen-bond acceptors (Lipinski definition) is 6. The molecule has 0 aliphatic heterocycles. The fourth-order valence-corrected chi connectivity index (χ4v) is 3.39. The number of aromatic nitrogens is 2. The van der Waals surface area contributed by atoms with Crippen LogP contribution < -0.4 is 5.43 Å². The Kier molecular flexibility index (Phi) is 7.83. The number of amides is 1. The largest absolute Gasteiger partial charge is 0.479 e. The maximum absolute atomic E-state index is 12.5. The number of hydrazine groups is 1. The number of ketones is 1. The predicted octanol–water partition coefficient (Wildman–Crippen LogP) is 3.18. The van der Waals surface area contributed by atoms with Gasteiger partial charge in [-0.25, -0.2) is 9.80 Å². The van der Waals surface area contributed by atoms with Crippen molar-refractivity contribution < 1.29 is 24.6 Å². The van der Waals surface area contributed by atoms with Gasteiger partial charge in [0.25, 0.3) is 5.91 Å². The van der Waals surface area contributed by atoms with Crippen LogP contribution in [0, 0.1) is 0 Å². The highest BCUT2D eigenvalue weighted by Gasteiger charge is 2.21. The quantitative estimate of drug-likeness (QED) is 0.267. The van der Waals surface area contributed by atoms with E-state index in [2.05, 4.69) is 15.6 Å². The number of carbonyl (C=O) groups excluding carboxylic acids is 2. The first kappa shape index (κ1) is 24.4. The third-order valence-corrected chi connectivity index (χ3v) is 5.25. The van der Waals surface area contributed by atoms with Crippen LogP contribution in [0.2, 0.25) is 10.0 Å². The van der Waals surface area contributed by atoms with Crippen LogP contribution in [-0.4, -0.2) is 55.7 Å². The number of carboxylic acids is 1. The third-order valence-electron chi connectivity index (χ3n) is 4.69. The molecule has 1 atom stereocenters. The molecule has 0 saturated heterocycles. The van der Waals surface area contributed by atoms with E-state index < -0.39 is 18.0 Å². The molecule has 33 heavy (non-hydrogen) atoms. The molecular formula is C22H20Cl2N4O5. The molecule has 0 radical (unpaired) electrons. The zero-order valence-corrected chi connectivity index (χ0v) is 18.9. The summed E-state index contributed by atoms with van der Waals surface area (Å²) in [6.45, 7) is 1.03. The van der Waals surface area contributed by atoms with Gasteiger partial charge in [-0.15, -0.1) is 0 Å². The number of aliphatic hydroxyl groups is 1. The van der Waals surface area contributed by atoms with Gasteiger partial charge >= 0.3 is 5.97 Å². The molecule has 0 saturated carbocycles. The summed E-state index contributed by atoms with van der Waals surface area (Å²) in [5.74, 6) is -2.39. The topological polar surface area (TPSA) is 136 Å². The Bertz CT molecular complexity index is 1180. The Balaban J connectivity index is 1.77. The molecule has 1 aromatic heterocycles. The molecule has 172 valence electrons. The highest BCUT2D eigenvalue weighted by atomic mass is 35.5. The summed E-state index contributed by atoms with van der Waals surface area (Å²) in [4.78, 5) is 35.1. The molecule has 1 heterocycles. The highest BCUT2D eigenvalue weighted by molar-refractivity contribution is 6.35. The van der Waals surface area contributed by atoms with Crippen molar-refractivity contribution in [2.45, 2.75) is 19.6 Å². The fourth-order valence-electron chi connectivity index (χ4n) is 2.99. The molecule has 1 amide bonds. The van der Waals surface area contributed by atoms with E-state index in [-0.39, 0.29) is 30.3 Å². The molecule has 4 N–H and O–H groups in total. The highest BCUT2D eigenvalue weighted by Crippen LogP contribution is 2.30. The lowest BCUT2D eigenvalue weighted by atomic mass is 10.0. The minimum absolute atomic E-state index is 0.0148. The van der Waals surface area contributed by atoms with Crippen molar-refractivity contribution in [2.24, 2.45) is 0 Å². The summed E-state index contributed by atoms with van der Waals surface area (Å²) in [5.41, 5.74) is 4.94. The van der Waals surface area contributed by atoms with Gasteiger partial charge in [0.15, 0.2) is 11.9 Å². The van der Waals surface area contributed by atoms with Gasteiger partial charge in [-0.2, -0.15) is 5.10 Å². The summed E-state index contributed by atoms with van der Waals surface area (Å²) in [7, 11) is 0. The van der Waals surface area contributed by atoms with Crippen LogP contribution in [0.15, 0.2) is 48.5 Å². The van der Waals surface area contributed by atoms with Crippen molar-refractivity contribution in [1.82, 2.24) is 20.6 Å². The van der Waals surface area contributed by atoms with Crippen LogP contribution in [0.3, 0.4) is 0 Å². The van der Waals surface area contributed by atoms with E-state index >= 15 is 0 Å². The molecule has 0 aliphatic carbocycles. The minimum Gasteiger partial charge on any atom is -0.479 e. The number of carbonyl (C=O) groups is 3. The Morgan fingerprint density at radius 2 is 1.82 bits per heavy atom. The monoisotopic (exact) mass is 490 g/mol. The van der Waals surface area contributed by atoms with Gasteiger partial charge in [0.2, 0.25) is 0 Å². The molecule has 0 bridgehead atoms. The lowest BCUT2D eigenvalue weighted by molar-refractivity contribution is -0.148. The maximum Gasteiger partial charge on any atom is 0.333 e. The zero-order chi connectivity index (χ0) is 24.1. The number of halogens is 2. The molecule has 0 unspecified atom stereocenters. The van der Waals surface area contributed by atoms with Crippen molar-refractivity contribution in [1.29, 1.82) is 0 Å². The Morgan fingerprint density at radius 1 is 1.12 bits per heavy atom.